The molecule has 0 unspecified atom stereocenters. The van der Waals surface area contributed by atoms with E-state index in [9.17, 15) is 0 Å². The zero-order valence-corrected chi connectivity index (χ0v) is 7.31. The Kier molecular flexibility index (Phi) is 4.37. The van der Waals surface area contributed by atoms with Crippen LogP contribution in [0.15, 0.2) is 42.5 Å². The summed E-state index contributed by atoms with van der Waals surface area (Å²) in [6.45, 7) is 1.08. The molecule has 0 spiro atoms. The second kappa shape index (κ2) is 5.99. The normalized spacial score (nSPS) is 10.1. The van der Waals surface area contributed by atoms with Gasteiger partial charge in [0.15, 0.2) is 0 Å². The molecule has 2 nitrogen and oxygen atoms in total. The first-order valence-corrected chi connectivity index (χ1v) is 4.10. The van der Waals surface area contributed by atoms with E-state index in [0.29, 0.717) is 13.2 Å². The van der Waals surface area contributed by atoms with Gasteiger partial charge in [-0.2, -0.15) is 5.26 Å². The fraction of sp³-hybridized carbons (Fsp3) is 0.182. The van der Waals surface area contributed by atoms with Gasteiger partial charge in [-0.1, -0.05) is 30.3 Å². The lowest BCUT2D eigenvalue weighted by atomic mass is 10.2. The lowest BCUT2D eigenvalue weighted by molar-refractivity contribution is 0.149. The molecule has 0 aliphatic rings. The molecule has 0 heterocycles. The maximum absolute atomic E-state index is 8.19. The van der Waals surface area contributed by atoms with Crippen LogP contribution < -0.4 is 0 Å². The van der Waals surface area contributed by atoms with Gasteiger partial charge >= 0.3 is 0 Å². The minimum absolute atomic E-state index is 0.489. The van der Waals surface area contributed by atoms with E-state index in [4.69, 9.17) is 10.00 Å². The Balaban J connectivity index is 2.21. The monoisotopic (exact) mass is 173 g/mol. The van der Waals surface area contributed by atoms with Crippen molar-refractivity contribution in [2.75, 3.05) is 6.61 Å². The summed E-state index contributed by atoms with van der Waals surface area (Å²) in [5.41, 5.74) is 1.15. The molecule has 0 saturated heterocycles. The molecule has 0 aliphatic heterocycles. The molecule has 2 heteroatoms. The molecule has 1 rings (SSSR count). The number of hydrogen-bond donors (Lipinski definition) is 0. The summed E-state index contributed by atoms with van der Waals surface area (Å²) in [7, 11) is 0. The molecule has 0 atom stereocenters. The number of allylic oxidation sites excluding steroid dienone is 1. The number of ether oxygens (including phenoxy) is 1. The van der Waals surface area contributed by atoms with E-state index in [1.165, 1.54) is 6.08 Å². The summed E-state index contributed by atoms with van der Waals surface area (Å²) in [6, 6.07) is 11.8. The van der Waals surface area contributed by atoms with Crippen LogP contribution in [0.25, 0.3) is 0 Å². The third kappa shape index (κ3) is 4.09. The molecule has 66 valence electrons. The minimum Gasteiger partial charge on any atom is -0.373 e. The highest BCUT2D eigenvalue weighted by Crippen LogP contribution is 1.99. The molecular weight excluding hydrogens is 162 g/mol. The van der Waals surface area contributed by atoms with Crippen molar-refractivity contribution < 1.29 is 4.74 Å². The first-order chi connectivity index (χ1) is 6.43. The van der Waals surface area contributed by atoms with Crippen molar-refractivity contribution in [2.45, 2.75) is 6.61 Å². The molecule has 0 saturated carbocycles. The minimum atomic E-state index is 0.489. The fourth-order valence-corrected chi connectivity index (χ4v) is 0.920. The first kappa shape index (κ1) is 9.50. The molecule has 13 heavy (non-hydrogen) atoms. The van der Waals surface area contributed by atoms with Gasteiger partial charge in [0.05, 0.1) is 19.3 Å². The maximum Gasteiger partial charge on any atom is 0.0909 e. The molecule has 0 aromatic heterocycles. The summed E-state index contributed by atoms with van der Waals surface area (Å²) in [5, 5.41) is 8.19. The van der Waals surface area contributed by atoms with Crippen LogP contribution in [0.2, 0.25) is 0 Å². The lowest BCUT2D eigenvalue weighted by Gasteiger charge is -1.99. The van der Waals surface area contributed by atoms with E-state index in [1.54, 1.807) is 6.08 Å². The smallest absolute Gasteiger partial charge is 0.0909 e. The van der Waals surface area contributed by atoms with E-state index < -0.39 is 0 Å². The maximum atomic E-state index is 8.19. The van der Waals surface area contributed by atoms with Crippen molar-refractivity contribution in [1.29, 1.82) is 5.26 Å². The zero-order valence-electron chi connectivity index (χ0n) is 7.31. The van der Waals surface area contributed by atoms with E-state index in [0.717, 1.165) is 5.56 Å². The van der Waals surface area contributed by atoms with Gasteiger partial charge in [-0.05, 0) is 11.6 Å². The first-order valence-electron chi connectivity index (χ1n) is 4.10. The average Bonchev–Trinajstić information content (AvgIpc) is 2.19. The Morgan fingerprint density at radius 2 is 2.08 bits per heavy atom. The highest BCUT2D eigenvalue weighted by molar-refractivity contribution is 5.13. The average molecular weight is 173 g/mol. The van der Waals surface area contributed by atoms with Crippen molar-refractivity contribution in [1.82, 2.24) is 0 Å². The van der Waals surface area contributed by atoms with Gasteiger partial charge in [-0.3, -0.25) is 0 Å². The Hall–Kier alpha value is -1.59. The predicted octanol–water partition coefficient (Wildman–Crippen LogP) is 2.28. The molecule has 0 amide bonds. The van der Waals surface area contributed by atoms with E-state index in [-0.39, 0.29) is 0 Å². The zero-order chi connectivity index (χ0) is 9.36. The van der Waals surface area contributed by atoms with Gasteiger partial charge < -0.3 is 4.74 Å². The van der Waals surface area contributed by atoms with Crippen molar-refractivity contribution in [3.05, 3.63) is 48.0 Å². The van der Waals surface area contributed by atoms with Gasteiger partial charge in [0.2, 0.25) is 0 Å². The third-order valence-corrected chi connectivity index (χ3v) is 1.52. The van der Waals surface area contributed by atoms with E-state index in [1.807, 2.05) is 36.4 Å². The van der Waals surface area contributed by atoms with Gasteiger partial charge in [-0.15, -0.1) is 0 Å². The Labute approximate surface area is 78.1 Å². The van der Waals surface area contributed by atoms with Crippen LogP contribution in [-0.2, 0) is 11.3 Å². The van der Waals surface area contributed by atoms with Crippen LogP contribution in [0.1, 0.15) is 5.56 Å². The van der Waals surface area contributed by atoms with Crippen molar-refractivity contribution in [3.63, 3.8) is 0 Å². The summed E-state index contributed by atoms with van der Waals surface area (Å²) in [4.78, 5) is 0. The van der Waals surface area contributed by atoms with Gasteiger partial charge in [-0.25, -0.2) is 0 Å². The quantitative estimate of drug-likeness (QED) is 0.517. The fourth-order valence-electron chi connectivity index (χ4n) is 0.920. The summed E-state index contributed by atoms with van der Waals surface area (Å²) in [6.07, 6.45) is 3.12. The summed E-state index contributed by atoms with van der Waals surface area (Å²) < 4.78 is 5.28. The molecule has 0 fully saturated rings. The number of hydrogen-bond acceptors (Lipinski definition) is 2. The lowest BCUT2D eigenvalue weighted by Crippen LogP contribution is -1.91. The summed E-state index contributed by atoms with van der Waals surface area (Å²) >= 11 is 0. The number of rotatable bonds is 4. The summed E-state index contributed by atoms with van der Waals surface area (Å²) in [5.74, 6) is 0. The molecule has 0 N–H and O–H groups in total. The highest BCUT2D eigenvalue weighted by Gasteiger charge is 1.88. The number of nitriles is 1. The van der Waals surface area contributed by atoms with Crippen molar-refractivity contribution >= 4 is 0 Å². The van der Waals surface area contributed by atoms with E-state index in [2.05, 4.69) is 0 Å². The SMILES string of the molecule is N#C/C=C\COCc1ccccc1. The molecule has 0 bridgehead atoms. The van der Waals surface area contributed by atoms with Crippen molar-refractivity contribution in [3.8, 4) is 6.07 Å². The topological polar surface area (TPSA) is 33.0 Å². The molecule has 1 aromatic rings. The third-order valence-electron chi connectivity index (χ3n) is 1.52. The Morgan fingerprint density at radius 1 is 1.31 bits per heavy atom. The van der Waals surface area contributed by atoms with Crippen LogP contribution in [0.3, 0.4) is 0 Å². The number of nitrogens with zero attached hydrogens (tertiary/aromatic N) is 1. The molecule has 1 aromatic carbocycles. The second-order valence-corrected chi connectivity index (χ2v) is 2.53. The number of benzene rings is 1. The van der Waals surface area contributed by atoms with Crippen LogP contribution in [0.5, 0.6) is 0 Å². The van der Waals surface area contributed by atoms with E-state index >= 15 is 0 Å². The predicted molar refractivity (Wildman–Crippen MR) is 50.9 cm³/mol. The molecular formula is C11H11NO. The van der Waals surface area contributed by atoms with Crippen LogP contribution in [0, 0.1) is 11.3 Å². The van der Waals surface area contributed by atoms with Crippen LogP contribution >= 0.6 is 0 Å². The second-order valence-electron chi connectivity index (χ2n) is 2.53. The van der Waals surface area contributed by atoms with Gasteiger partial charge in [0.25, 0.3) is 0 Å². The van der Waals surface area contributed by atoms with Gasteiger partial charge in [0, 0.05) is 6.08 Å². The van der Waals surface area contributed by atoms with Gasteiger partial charge in [0.1, 0.15) is 0 Å². The molecule has 0 radical (unpaired) electrons. The largest absolute Gasteiger partial charge is 0.373 e. The Bertz CT molecular complexity index is 298. The highest BCUT2D eigenvalue weighted by atomic mass is 16.5. The van der Waals surface area contributed by atoms with Crippen molar-refractivity contribution in [2.24, 2.45) is 0 Å². The van der Waals surface area contributed by atoms with Crippen LogP contribution in [0.4, 0.5) is 0 Å². The standard InChI is InChI=1S/C11H11NO/c12-8-4-5-9-13-10-11-6-2-1-3-7-11/h1-7H,9-10H2/b5-4-. The van der Waals surface area contributed by atoms with Crippen LogP contribution in [-0.4, -0.2) is 6.61 Å². The molecule has 0 aliphatic carbocycles. The Morgan fingerprint density at radius 3 is 2.77 bits per heavy atom.